The van der Waals surface area contributed by atoms with E-state index in [9.17, 15) is 27.6 Å². The maximum absolute atomic E-state index is 13.4. The third-order valence-electron chi connectivity index (χ3n) is 6.85. The van der Waals surface area contributed by atoms with Gasteiger partial charge >= 0.3 is 6.36 Å². The number of methoxy groups -OCH3 is 2. The fourth-order valence-corrected chi connectivity index (χ4v) is 4.46. The van der Waals surface area contributed by atoms with Crippen LogP contribution in [0.1, 0.15) is 42.0 Å². The number of nitrogens with two attached hydrogens (primary N) is 1. The average molecular weight is 665 g/mol. The van der Waals surface area contributed by atoms with Gasteiger partial charge in [-0.15, -0.1) is 13.2 Å². The Balaban J connectivity index is 0.000000608. The van der Waals surface area contributed by atoms with Crippen molar-refractivity contribution >= 4 is 24.4 Å². The Bertz CT molecular complexity index is 1460. The van der Waals surface area contributed by atoms with Crippen molar-refractivity contribution < 1.29 is 41.8 Å². The summed E-state index contributed by atoms with van der Waals surface area (Å²) >= 11 is 0. The topological polar surface area (TPSA) is 133 Å². The minimum absolute atomic E-state index is 0.0248. The number of rotatable bonds is 12. The fraction of sp³-hybridized carbons (Fsp3) is 0.394. The molecular formula is C33H43F3N4O7. The Morgan fingerprint density at radius 2 is 1.53 bits per heavy atom. The molecular weight excluding hydrogens is 621 g/mol. The van der Waals surface area contributed by atoms with Crippen LogP contribution in [0.3, 0.4) is 0 Å². The molecule has 0 fully saturated rings. The second kappa shape index (κ2) is 19.6. The van der Waals surface area contributed by atoms with E-state index in [4.69, 9.17) is 14.3 Å². The van der Waals surface area contributed by atoms with Gasteiger partial charge < -0.3 is 29.7 Å². The van der Waals surface area contributed by atoms with E-state index in [1.165, 1.54) is 33.6 Å². The predicted molar refractivity (Wildman–Crippen MR) is 173 cm³/mol. The van der Waals surface area contributed by atoms with Crippen molar-refractivity contribution in [1.29, 1.82) is 0 Å². The smallest absolute Gasteiger partial charge is 0.497 e. The highest BCUT2D eigenvalue weighted by Crippen LogP contribution is 2.26. The molecule has 0 aliphatic heterocycles. The van der Waals surface area contributed by atoms with Gasteiger partial charge in [0, 0.05) is 39.9 Å². The molecule has 0 aliphatic carbocycles. The lowest BCUT2D eigenvalue weighted by Crippen LogP contribution is -2.41. The Labute approximate surface area is 272 Å². The summed E-state index contributed by atoms with van der Waals surface area (Å²) in [5.41, 5.74) is 6.64. The molecule has 0 spiro atoms. The molecule has 0 saturated heterocycles. The summed E-state index contributed by atoms with van der Waals surface area (Å²) in [4.78, 5) is 49.7. The number of halogens is 3. The lowest BCUT2D eigenvalue weighted by molar-refractivity contribution is -0.274. The summed E-state index contributed by atoms with van der Waals surface area (Å²) in [6.07, 6.45) is -1.31. The Kier molecular flexibility index (Phi) is 16.8. The molecule has 3 amide bonds. The number of alkyl halides is 3. The number of hydrogen-bond acceptors (Lipinski definition) is 7. The summed E-state index contributed by atoms with van der Waals surface area (Å²) in [6.45, 7) is 5.99. The van der Waals surface area contributed by atoms with Crippen molar-refractivity contribution in [3.05, 3.63) is 87.8 Å². The van der Waals surface area contributed by atoms with Crippen molar-refractivity contribution in [2.75, 3.05) is 46.4 Å². The van der Waals surface area contributed by atoms with Gasteiger partial charge in [-0.2, -0.15) is 0 Å². The number of hydrogen-bond donors (Lipinski definition) is 1. The minimum Gasteiger partial charge on any atom is -0.497 e. The van der Waals surface area contributed by atoms with Crippen LogP contribution in [0.4, 0.5) is 18.9 Å². The van der Waals surface area contributed by atoms with E-state index in [0.29, 0.717) is 18.5 Å². The van der Waals surface area contributed by atoms with Gasteiger partial charge in [0.1, 0.15) is 23.2 Å². The van der Waals surface area contributed by atoms with E-state index in [1.807, 2.05) is 31.2 Å². The van der Waals surface area contributed by atoms with E-state index < -0.39 is 18.0 Å². The second-order valence-electron chi connectivity index (χ2n) is 10.4. The van der Waals surface area contributed by atoms with Crippen molar-refractivity contribution in [3.8, 4) is 11.5 Å². The fourth-order valence-electron chi connectivity index (χ4n) is 4.46. The highest BCUT2D eigenvalue weighted by Gasteiger charge is 2.31. The predicted octanol–water partition coefficient (Wildman–Crippen LogP) is 4.59. The molecule has 2 aromatic carbocycles. The van der Waals surface area contributed by atoms with Crippen molar-refractivity contribution in [2.24, 2.45) is 5.73 Å². The largest absolute Gasteiger partial charge is 0.573 e. The van der Waals surface area contributed by atoms with Crippen LogP contribution in [0.5, 0.6) is 11.5 Å². The van der Waals surface area contributed by atoms with Crippen LogP contribution in [0.2, 0.25) is 0 Å². The summed E-state index contributed by atoms with van der Waals surface area (Å²) < 4.78 is 50.3. The molecule has 3 aromatic rings. The number of nitrogens with zero attached hydrogens (tertiary/aromatic N) is 3. The number of likely N-dealkylation sites (N-methyl/N-ethyl adjacent to an activating group) is 1. The third-order valence-corrected chi connectivity index (χ3v) is 6.85. The monoisotopic (exact) mass is 664 g/mol. The Morgan fingerprint density at radius 3 is 1.98 bits per heavy atom. The summed E-state index contributed by atoms with van der Waals surface area (Å²) in [6, 6.07) is 14.3. The highest BCUT2D eigenvalue weighted by molar-refractivity contribution is 5.81. The van der Waals surface area contributed by atoms with Gasteiger partial charge in [-0.05, 0) is 61.7 Å². The van der Waals surface area contributed by atoms with Crippen molar-refractivity contribution in [2.45, 2.75) is 45.5 Å². The second-order valence-corrected chi connectivity index (χ2v) is 10.4. The first-order chi connectivity index (χ1) is 22.2. The van der Waals surface area contributed by atoms with E-state index in [0.717, 1.165) is 23.3 Å². The molecule has 11 nitrogen and oxygen atoms in total. The summed E-state index contributed by atoms with van der Waals surface area (Å²) in [7, 11) is 6.35. The zero-order chi connectivity index (χ0) is 35.7. The van der Waals surface area contributed by atoms with Crippen LogP contribution in [-0.2, 0) is 19.1 Å². The maximum Gasteiger partial charge on any atom is 0.573 e. The number of anilines is 1. The van der Waals surface area contributed by atoms with Gasteiger partial charge in [-0.25, -0.2) is 0 Å². The zero-order valence-electron chi connectivity index (χ0n) is 27.6. The Hall–Kier alpha value is -4.85. The molecule has 2 N–H and O–H groups in total. The van der Waals surface area contributed by atoms with Gasteiger partial charge in [0.15, 0.2) is 0 Å². The number of amides is 3. The number of pyridine rings is 1. The maximum atomic E-state index is 13.4. The first kappa shape index (κ1) is 40.2. The van der Waals surface area contributed by atoms with Crippen molar-refractivity contribution in [1.82, 2.24) is 9.47 Å². The van der Waals surface area contributed by atoms with Gasteiger partial charge in [-0.1, -0.05) is 36.8 Å². The van der Waals surface area contributed by atoms with Crippen LogP contribution in [0, 0.1) is 13.8 Å². The number of ether oxygens (including phenoxy) is 3. The number of aryl methyl sites for hydroxylation is 2. The molecule has 2 unspecified atom stereocenters. The lowest BCUT2D eigenvalue weighted by atomic mass is 9.95. The first-order valence-electron chi connectivity index (χ1n) is 14.4. The number of carbonyl (C=O) groups excluding carboxylic acids is 3. The Morgan fingerprint density at radius 1 is 0.979 bits per heavy atom. The lowest BCUT2D eigenvalue weighted by Gasteiger charge is -2.27. The van der Waals surface area contributed by atoms with Crippen LogP contribution >= 0.6 is 0 Å². The third kappa shape index (κ3) is 12.8. The molecule has 0 aliphatic rings. The van der Waals surface area contributed by atoms with Gasteiger partial charge in [0.25, 0.3) is 5.56 Å². The normalized spacial score (nSPS) is 11.8. The van der Waals surface area contributed by atoms with Gasteiger partial charge in [-0.3, -0.25) is 23.7 Å². The van der Waals surface area contributed by atoms with Crippen molar-refractivity contribution in [3.63, 3.8) is 0 Å². The molecule has 0 saturated carbocycles. The summed E-state index contributed by atoms with van der Waals surface area (Å²) in [5, 5.41) is 0. The molecule has 1 heterocycles. The van der Waals surface area contributed by atoms with E-state index in [1.54, 1.807) is 59.4 Å². The molecule has 3 rings (SSSR count). The van der Waals surface area contributed by atoms with E-state index in [-0.39, 0.29) is 36.3 Å². The molecule has 47 heavy (non-hydrogen) atoms. The zero-order valence-corrected chi connectivity index (χ0v) is 27.6. The van der Waals surface area contributed by atoms with Crippen LogP contribution < -0.4 is 25.7 Å². The molecule has 0 bridgehead atoms. The molecule has 258 valence electrons. The van der Waals surface area contributed by atoms with Crippen LogP contribution in [-0.4, -0.2) is 76.0 Å². The summed E-state index contributed by atoms with van der Waals surface area (Å²) in [5.74, 6) is 0.336. The average Bonchev–Trinajstić information content (AvgIpc) is 3.02. The van der Waals surface area contributed by atoms with E-state index >= 15 is 0 Å². The number of primary amides is 1. The van der Waals surface area contributed by atoms with E-state index in [2.05, 4.69) is 10.5 Å². The number of carbonyl (C=O) groups is 3. The molecule has 2 atom stereocenters. The standard InChI is InChI=1S/C24H33N3O5.C8H7F3O.CH3NO/c1-7-18(19-8-10-20(32-6)11-9-19)14-26(16-28)22-17(2)12-13-27(24(22)30)21(15-31-5)23(29)25(3)4;1-6-2-4-7(5-3-6)12-8(9,10)11;2-1-3/h8-13,16,18,21H,7,14-15H2,1-6H3;2-5H,1H3;1H,(H2,2,3). The number of aromatic nitrogens is 1. The number of benzene rings is 2. The molecule has 0 radical (unpaired) electrons. The molecule has 14 heteroatoms. The quantitative estimate of drug-likeness (QED) is 0.280. The highest BCUT2D eigenvalue weighted by atomic mass is 19.4. The van der Waals surface area contributed by atoms with Crippen LogP contribution in [0.25, 0.3) is 0 Å². The molecule has 1 aromatic heterocycles. The van der Waals surface area contributed by atoms with Gasteiger partial charge in [0.05, 0.1) is 13.7 Å². The van der Waals surface area contributed by atoms with Gasteiger partial charge in [0.2, 0.25) is 18.7 Å². The first-order valence-corrected chi connectivity index (χ1v) is 14.4. The minimum atomic E-state index is -4.60. The SMILES string of the molecule is CCC(CN(C=O)c1c(C)ccn(C(COC)C(=O)N(C)C)c1=O)c1ccc(OC)cc1.Cc1ccc(OC(F)(F)F)cc1.NC=O. The van der Waals surface area contributed by atoms with Crippen LogP contribution in [0.15, 0.2) is 65.6 Å².